The Labute approximate surface area is 101 Å². The van der Waals surface area contributed by atoms with Crippen LogP contribution in [0.5, 0.6) is 0 Å². The SMILES string of the molecule is CCNC(C)(C#N)Cn1nc(C)c(Cl)c1C. The molecule has 0 saturated heterocycles. The smallest absolute Gasteiger partial charge is 0.123 e. The first kappa shape index (κ1) is 13.0. The largest absolute Gasteiger partial charge is 0.298 e. The molecule has 1 N–H and O–H groups in total. The van der Waals surface area contributed by atoms with Crippen molar-refractivity contribution < 1.29 is 0 Å². The predicted molar refractivity (Wildman–Crippen MR) is 64.4 cm³/mol. The quantitative estimate of drug-likeness (QED) is 0.877. The molecule has 1 rings (SSSR count). The van der Waals surface area contributed by atoms with Gasteiger partial charge in [-0.05, 0) is 27.3 Å². The van der Waals surface area contributed by atoms with E-state index in [-0.39, 0.29) is 0 Å². The molecule has 0 aliphatic carbocycles. The van der Waals surface area contributed by atoms with E-state index in [2.05, 4.69) is 16.5 Å². The molecule has 5 heteroatoms. The van der Waals surface area contributed by atoms with E-state index in [1.165, 1.54) is 0 Å². The van der Waals surface area contributed by atoms with Crippen molar-refractivity contribution in [3.63, 3.8) is 0 Å². The van der Waals surface area contributed by atoms with Gasteiger partial charge in [-0.25, -0.2) is 0 Å². The molecule has 0 spiro atoms. The summed E-state index contributed by atoms with van der Waals surface area (Å²) < 4.78 is 1.78. The van der Waals surface area contributed by atoms with E-state index in [4.69, 9.17) is 16.9 Å². The monoisotopic (exact) mass is 240 g/mol. The molecule has 0 saturated carbocycles. The number of aromatic nitrogens is 2. The molecule has 1 heterocycles. The number of aryl methyl sites for hydroxylation is 1. The predicted octanol–water partition coefficient (Wildman–Crippen LogP) is 2.05. The average Bonchev–Trinajstić information content (AvgIpc) is 2.47. The molecule has 0 aromatic carbocycles. The maximum absolute atomic E-state index is 9.16. The number of nitriles is 1. The summed E-state index contributed by atoms with van der Waals surface area (Å²) in [5, 5.41) is 17.3. The van der Waals surface area contributed by atoms with Crippen LogP contribution < -0.4 is 5.32 Å². The first-order valence-corrected chi connectivity index (χ1v) is 5.67. The minimum Gasteiger partial charge on any atom is -0.298 e. The van der Waals surface area contributed by atoms with Gasteiger partial charge in [0, 0.05) is 0 Å². The van der Waals surface area contributed by atoms with Crippen molar-refractivity contribution in [1.82, 2.24) is 15.1 Å². The fourth-order valence-electron chi connectivity index (χ4n) is 1.65. The number of nitrogens with zero attached hydrogens (tertiary/aromatic N) is 3. The third-order valence-corrected chi connectivity index (χ3v) is 3.12. The Morgan fingerprint density at radius 1 is 1.56 bits per heavy atom. The maximum atomic E-state index is 9.16. The van der Waals surface area contributed by atoms with Crippen LogP contribution >= 0.6 is 11.6 Å². The molecule has 0 amide bonds. The van der Waals surface area contributed by atoms with E-state index in [0.717, 1.165) is 17.9 Å². The van der Waals surface area contributed by atoms with Gasteiger partial charge in [0.15, 0.2) is 0 Å². The van der Waals surface area contributed by atoms with E-state index >= 15 is 0 Å². The number of hydrogen-bond donors (Lipinski definition) is 1. The van der Waals surface area contributed by atoms with Gasteiger partial charge < -0.3 is 0 Å². The molecule has 1 unspecified atom stereocenters. The van der Waals surface area contributed by atoms with E-state index in [0.29, 0.717) is 11.6 Å². The number of rotatable bonds is 4. The summed E-state index contributed by atoms with van der Waals surface area (Å²) in [4.78, 5) is 0. The van der Waals surface area contributed by atoms with Crippen LogP contribution in [0.4, 0.5) is 0 Å². The highest BCUT2D eigenvalue weighted by atomic mass is 35.5. The fourth-order valence-corrected chi connectivity index (χ4v) is 1.78. The first-order chi connectivity index (χ1) is 7.43. The Kier molecular flexibility index (Phi) is 3.95. The molecular formula is C11H17ClN4. The van der Waals surface area contributed by atoms with Crippen LogP contribution in [0.25, 0.3) is 0 Å². The van der Waals surface area contributed by atoms with Crippen molar-refractivity contribution in [2.24, 2.45) is 0 Å². The lowest BCUT2D eigenvalue weighted by Crippen LogP contribution is -2.45. The van der Waals surface area contributed by atoms with E-state index in [1.807, 2.05) is 27.7 Å². The Morgan fingerprint density at radius 3 is 2.56 bits per heavy atom. The topological polar surface area (TPSA) is 53.6 Å². The van der Waals surface area contributed by atoms with Crippen molar-refractivity contribution >= 4 is 11.6 Å². The second kappa shape index (κ2) is 4.86. The van der Waals surface area contributed by atoms with Gasteiger partial charge in [0.1, 0.15) is 5.54 Å². The molecule has 16 heavy (non-hydrogen) atoms. The van der Waals surface area contributed by atoms with Crippen LogP contribution in [0.15, 0.2) is 0 Å². The van der Waals surface area contributed by atoms with Crippen LogP contribution in [0.1, 0.15) is 25.2 Å². The highest BCUT2D eigenvalue weighted by molar-refractivity contribution is 6.31. The highest BCUT2D eigenvalue weighted by Crippen LogP contribution is 2.20. The van der Waals surface area contributed by atoms with Crippen LogP contribution in [0, 0.1) is 25.2 Å². The molecule has 0 radical (unpaired) electrons. The Morgan fingerprint density at radius 2 is 2.19 bits per heavy atom. The fraction of sp³-hybridized carbons (Fsp3) is 0.636. The van der Waals surface area contributed by atoms with Gasteiger partial charge in [-0.3, -0.25) is 10.00 Å². The van der Waals surface area contributed by atoms with Gasteiger partial charge in [0.25, 0.3) is 0 Å². The average molecular weight is 241 g/mol. The summed E-state index contributed by atoms with van der Waals surface area (Å²) in [7, 11) is 0. The van der Waals surface area contributed by atoms with E-state index in [9.17, 15) is 0 Å². The van der Waals surface area contributed by atoms with Gasteiger partial charge in [-0.15, -0.1) is 0 Å². The number of hydrogen-bond acceptors (Lipinski definition) is 3. The summed E-state index contributed by atoms with van der Waals surface area (Å²) in [6, 6.07) is 2.27. The number of halogens is 1. The molecule has 0 fully saturated rings. The van der Waals surface area contributed by atoms with Gasteiger partial charge in [-0.1, -0.05) is 18.5 Å². The van der Waals surface area contributed by atoms with Crippen molar-refractivity contribution in [3.8, 4) is 6.07 Å². The molecular weight excluding hydrogens is 224 g/mol. The summed E-state index contributed by atoms with van der Waals surface area (Å²) in [5.74, 6) is 0. The zero-order valence-corrected chi connectivity index (χ0v) is 10.9. The second-order valence-corrected chi connectivity index (χ2v) is 4.49. The zero-order valence-electron chi connectivity index (χ0n) is 10.1. The Bertz CT molecular complexity index is 418. The maximum Gasteiger partial charge on any atom is 0.123 e. The second-order valence-electron chi connectivity index (χ2n) is 4.12. The van der Waals surface area contributed by atoms with Crippen molar-refractivity contribution in [1.29, 1.82) is 5.26 Å². The minimum absolute atomic E-state index is 0.497. The number of nitrogens with one attached hydrogen (secondary N) is 1. The van der Waals surface area contributed by atoms with E-state index in [1.54, 1.807) is 4.68 Å². The molecule has 1 aromatic rings. The zero-order chi connectivity index (χ0) is 12.3. The summed E-state index contributed by atoms with van der Waals surface area (Å²) in [6.07, 6.45) is 0. The molecule has 0 bridgehead atoms. The van der Waals surface area contributed by atoms with Gasteiger partial charge >= 0.3 is 0 Å². The lowest BCUT2D eigenvalue weighted by atomic mass is 10.1. The molecule has 88 valence electrons. The standard InChI is InChI=1S/C11H17ClN4/c1-5-14-11(4,6-13)7-16-9(3)10(12)8(2)15-16/h14H,5,7H2,1-4H3. The molecule has 1 atom stereocenters. The van der Waals surface area contributed by atoms with Crippen LogP contribution in [0.2, 0.25) is 5.02 Å². The number of likely N-dealkylation sites (N-methyl/N-ethyl adjacent to an activating group) is 1. The third kappa shape index (κ3) is 2.55. The van der Waals surface area contributed by atoms with Crippen molar-refractivity contribution in [3.05, 3.63) is 16.4 Å². The van der Waals surface area contributed by atoms with Gasteiger partial charge in [0.05, 0.1) is 29.0 Å². The molecule has 1 aromatic heterocycles. The first-order valence-electron chi connectivity index (χ1n) is 5.29. The lowest BCUT2D eigenvalue weighted by Gasteiger charge is -2.23. The van der Waals surface area contributed by atoms with Crippen LogP contribution in [-0.2, 0) is 6.54 Å². The van der Waals surface area contributed by atoms with Gasteiger partial charge in [-0.2, -0.15) is 10.4 Å². The summed E-state index contributed by atoms with van der Waals surface area (Å²) in [6.45, 7) is 8.85. The Balaban J connectivity index is 2.95. The summed E-state index contributed by atoms with van der Waals surface area (Å²) >= 11 is 6.06. The van der Waals surface area contributed by atoms with Crippen molar-refractivity contribution in [2.75, 3.05) is 6.54 Å². The lowest BCUT2D eigenvalue weighted by molar-refractivity contribution is 0.373. The highest BCUT2D eigenvalue weighted by Gasteiger charge is 2.25. The van der Waals surface area contributed by atoms with Crippen LogP contribution in [-0.4, -0.2) is 21.9 Å². The molecule has 0 aliphatic heterocycles. The Hall–Kier alpha value is -1.05. The van der Waals surface area contributed by atoms with E-state index < -0.39 is 5.54 Å². The van der Waals surface area contributed by atoms with Crippen LogP contribution in [0.3, 0.4) is 0 Å². The third-order valence-electron chi connectivity index (χ3n) is 2.57. The normalized spacial score (nSPS) is 14.5. The van der Waals surface area contributed by atoms with Crippen molar-refractivity contribution in [2.45, 2.75) is 39.8 Å². The molecule has 4 nitrogen and oxygen atoms in total. The molecule has 0 aliphatic rings. The summed E-state index contributed by atoms with van der Waals surface area (Å²) in [5.41, 5.74) is 1.09. The van der Waals surface area contributed by atoms with Gasteiger partial charge in [0.2, 0.25) is 0 Å². The minimum atomic E-state index is -0.610.